The molecule has 2 amide bonds. The van der Waals surface area contributed by atoms with E-state index in [9.17, 15) is 9.59 Å². The van der Waals surface area contributed by atoms with Gasteiger partial charge >= 0.3 is 0 Å². The third kappa shape index (κ3) is 3.44. The van der Waals surface area contributed by atoms with Crippen molar-refractivity contribution < 1.29 is 19.1 Å². The lowest BCUT2D eigenvalue weighted by Gasteiger charge is -2.61. The summed E-state index contributed by atoms with van der Waals surface area (Å²) in [6.07, 6.45) is -0.819. The minimum atomic E-state index is -0.963. The summed E-state index contributed by atoms with van der Waals surface area (Å²) in [5.41, 5.74) is 0.411. The van der Waals surface area contributed by atoms with Crippen molar-refractivity contribution in [2.45, 2.75) is 11.6 Å². The van der Waals surface area contributed by atoms with Gasteiger partial charge in [0.25, 0.3) is 11.8 Å². The standard InChI is InChI=1S/C27H24N2O4/c1-20-27(21-11-5-2-6-12-21)25(33-23-15-9-4-10-16-23)26(31)29(27)18-17-28(20)24(30)19-32-22-13-7-3-8-14-22/h2-16,25H,1,17-19H2. The summed E-state index contributed by atoms with van der Waals surface area (Å²) in [4.78, 5) is 29.7. The van der Waals surface area contributed by atoms with E-state index >= 15 is 0 Å². The molecule has 2 aliphatic rings. The second-order valence-corrected chi connectivity index (χ2v) is 8.03. The quantitative estimate of drug-likeness (QED) is 0.550. The summed E-state index contributed by atoms with van der Waals surface area (Å²) in [7, 11) is 0. The van der Waals surface area contributed by atoms with E-state index in [1.807, 2.05) is 78.9 Å². The summed E-state index contributed by atoms with van der Waals surface area (Å²) in [6.45, 7) is 4.93. The van der Waals surface area contributed by atoms with Crippen LogP contribution in [0.4, 0.5) is 0 Å². The largest absolute Gasteiger partial charge is 0.484 e. The van der Waals surface area contributed by atoms with Crippen LogP contribution in [0.15, 0.2) is 103 Å². The van der Waals surface area contributed by atoms with Crippen molar-refractivity contribution in [2.24, 2.45) is 0 Å². The fraction of sp³-hybridized carbons (Fsp3) is 0.185. The molecule has 2 atom stereocenters. The van der Waals surface area contributed by atoms with E-state index in [0.29, 0.717) is 30.3 Å². The molecular weight excluding hydrogens is 416 g/mol. The molecule has 166 valence electrons. The zero-order chi connectivity index (χ0) is 22.8. The Morgan fingerprint density at radius 3 is 2.09 bits per heavy atom. The average molecular weight is 440 g/mol. The van der Waals surface area contributed by atoms with Gasteiger partial charge in [0.15, 0.2) is 12.1 Å². The Morgan fingerprint density at radius 1 is 0.879 bits per heavy atom. The number of fused-ring (bicyclic) bond motifs is 1. The summed E-state index contributed by atoms with van der Waals surface area (Å²) >= 11 is 0. The van der Waals surface area contributed by atoms with Crippen LogP contribution in [-0.2, 0) is 15.1 Å². The summed E-state index contributed by atoms with van der Waals surface area (Å²) in [5, 5.41) is 0. The van der Waals surface area contributed by atoms with Gasteiger partial charge in [-0.15, -0.1) is 0 Å². The van der Waals surface area contributed by atoms with Crippen molar-refractivity contribution in [1.29, 1.82) is 0 Å². The molecule has 0 aromatic heterocycles. The van der Waals surface area contributed by atoms with E-state index in [4.69, 9.17) is 9.47 Å². The first-order chi connectivity index (χ1) is 16.1. The molecule has 0 aliphatic carbocycles. The number of piperazine rings is 1. The maximum Gasteiger partial charge on any atom is 0.268 e. The van der Waals surface area contributed by atoms with E-state index in [2.05, 4.69) is 6.58 Å². The number of amides is 2. The summed E-state index contributed by atoms with van der Waals surface area (Å²) < 4.78 is 11.9. The molecule has 33 heavy (non-hydrogen) atoms. The van der Waals surface area contributed by atoms with Gasteiger partial charge in [0, 0.05) is 18.8 Å². The molecule has 3 aromatic rings. The molecule has 0 saturated carbocycles. The minimum absolute atomic E-state index is 0.114. The highest BCUT2D eigenvalue weighted by Gasteiger charge is 2.67. The Morgan fingerprint density at radius 2 is 1.45 bits per heavy atom. The lowest BCUT2D eigenvalue weighted by atomic mass is 9.70. The maximum absolute atomic E-state index is 13.2. The number of hydrogen-bond acceptors (Lipinski definition) is 4. The van der Waals surface area contributed by atoms with Crippen molar-refractivity contribution in [1.82, 2.24) is 9.80 Å². The van der Waals surface area contributed by atoms with E-state index in [-0.39, 0.29) is 18.4 Å². The molecule has 5 rings (SSSR count). The molecular formula is C27H24N2O4. The monoisotopic (exact) mass is 440 g/mol. The fourth-order valence-electron chi connectivity index (χ4n) is 4.66. The van der Waals surface area contributed by atoms with Gasteiger partial charge in [-0.3, -0.25) is 9.59 Å². The zero-order valence-electron chi connectivity index (χ0n) is 18.1. The molecule has 2 heterocycles. The first kappa shape index (κ1) is 20.8. The van der Waals surface area contributed by atoms with Crippen LogP contribution in [-0.4, -0.2) is 47.4 Å². The van der Waals surface area contributed by atoms with Crippen molar-refractivity contribution in [3.8, 4) is 11.5 Å². The van der Waals surface area contributed by atoms with Gasteiger partial charge in [0.1, 0.15) is 11.5 Å². The van der Waals surface area contributed by atoms with Crippen LogP contribution in [0.25, 0.3) is 0 Å². The molecule has 0 N–H and O–H groups in total. The highest BCUT2D eigenvalue weighted by molar-refractivity contribution is 5.94. The first-order valence-electron chi connectivity index (χ1n) is 10.9. The average Bonchev–Trinajstić information content (AvgIpc) is 2.87. The SMILES string of the molecule is C=C1N(C(=O)COc2ccccc2)CCN2C(=O)C(Oc3ccccc3)C12c1ccccc1. The lowest BCUT2D eigenvalue weighted by molar-refractivity contribution is -0.187. The molecule has 0 radical (unpaired) electrons. The van der Waals surface area contributed by atoms with Crippen LogP contribution in [0, 0.1) is 0 Å². The number of β-lactam (4-membered cyclic amide) rings is 1. The molecule has 6 heteroatoms. The molecule has 6 nitrogen and oxygen atoms in total. The number of para-hydroxylation sites is 2. The predicted molar refractivity (Wildman–Crippen MR) is 123 cm³/mol. The van der Waals surface area contributed by atoms with Crippen LogP contribution in [0.1, 0.15) is 5.56 Å². The third-order valence-electron chi connectivity index (χ3n) is 6.23. The van der Waals surface area contributed by atoms with Crippen molar-refractivity contribution >= 4 is 11.8 Å². The second-order valence-electron chi connectivity index (χ2n) is 8.03. The van der Waals surface area contributed by atoms with Crippen molar-refractivity contribution in [3.05, 3.63) is 109 Å². The van der Waals surface area contributed by atoms with Gasteiger partial charge in [-0.25, -0.2) is 0 Å². The van der Waals surface area contributed by atoms with Gasteiger partial charge in [-0.2, -0.15) is 0 Å². The Kier molecular flexibility index (Phi) is 5.34. The van der Waals surface area contributed by atoms with Crippen LogP contribution in [0.2, 0.25) is 0 Å². The normalized spacial score (nSPS) is 21.8. The number of nitrogens with zero attached hydrogens (tertiary/aromatic N) is 2. The topological polar surface area (TPSA) is 59.1 Å². The Bertz CT molecular complexity index is 1170. The van der Waals surface area contributed by atoms with Crippen molar-refractivity contribution in [2.75, 3.05) is 19.7 Å². The summed E-state index contributed by atoms with van der Waals surface area (Å²) in [6, 6.07) is 28.1. The Hall–Kier alpha value is -4.06. The van der Waals surface area contributed by atoms with Crippen LogP contribution < -0.4 is 9.47 Å². The van der Waals surface area contributed by atoms with Crippen LogP contribution in [0.3, 0.4) is 0 Å². The Balaban J connectivity index is 1.46. The van der Waals surface area contributed by atoms with Gasteiger partial charge in [-0.05, 0) is 29.8 Å². The molecule has 2 fully saturated rings. The maximum atomic E-state index is 13.2. The number of ether oxygens (including phenoxy) is 2. The predicted octanol–water partition coefficient (Wildman–Crippen LogP) is 3.61. The first-order valence-corrected chi connectivity index (χ1v) is 10.9. The smallest absolute Gasteiger partial charge is 0.268 e. The number of carbonyl (C=O) groups excluding carboxylic acids is 2. The van der Waals surface area contributed by atoms with Gasteiger partial charge in [0.05, 0.1) is 0 Å². The second kappa shape index (κ2) is 8.47. The Labute approximate surface area is 192 Å². The fourth-order valence-corrected chi connectivity index (χ4v) is 4.66. The molecule has 2 aliphatic heterocycles. The minimum Gasteiger partial charge on any atom is -0.484 e. The number of rotatable bonds is 6. The van der Waals surface area contributed by atoms with Crippen molar-refractivity contribution in [3.63, 3.8) is 0 Å². The lowest BCUT2D eigenvalue weighted by Crippen LogP contribution is -2.79. The number of hydrogen-bond donors (Lipinski definition) is 0. The number of benzene rings is 3. The molecule has 2 unspecified atom stereocenters. The van der Waals surface area contributed by atoms with Gasteiger partial charge < -0.3 is 19.3 Å². The van der Waals surface area contributed by atoms with Gasteiger partial charge in [0.2, 0.25) is 6.10 Å². The van der Waals surface area contributed by atoms with Crippen LogP contribution in [0.5, 0.6) is 11.5 Å². The molecule has 3 aromatic carbocycles. The van der Waals surface area contributed by atoms with E-state index in [1.165, 1.54) is 0 Å². The van der Waals surface area contributed by atoms with E-state index < -0.39 is 11.6 Å². The third-order valence-corrected chi connectivity index (χ3v) is 6.23. The summed E-state index contributed by atoms with van der Waals surface area (Å²) in [5.74, 6) is 0.888. The zero-order valence-corrected chi connectivity index (χ0v) is 18.1. The molecule has 2 saturated heterocycles. The highest BCUT2D eigenvalue weighted by Crippen LogP contribution is 2.51. The number of carbonyl (C=O) groups is 2. The molecule has 0 spiro atoms. The van der Waals surface area contributed by atoms with E-state index in [1.54, 1.807) is 21.9 Å². The van der Waals surface area contributed by atoms with Crippen LogP contribution >= 0.6 is 0 Å². The molecule has 0 bridgehead atoms. The van der Waals surface area contributed by atoms with E-state index in [0.717, 1.165) is 5.56 Å². The van der Waals surface area contributed by atoms with Gasteiger partial charge in [-0.1, -0.05) is 73.3 Å². The highest BCUT2D eigenvalue weighted by atomic mass is 16.5.